The minimum absolute atomic E-state index is 0.0737. The van der Waals surface area contributed by atoms with Crippen LogP contribution in [0.1, 0.15) is 54.1 Å². The summed E-state index contributed by atoms with van der Waals surface area (Å²) in [5.74, 6) is -1.21. The van der Waals surface area contributed by atoms with Crippen molar-refractivity contribution in [2.24, 2.45) is 0 Å². The number of sulfonamides is 2. The van der Waals surface area contributed by atoms with E-state index in [2.05, 4.69) is 29.9 Å². The largest absolute Gasteiger partial charge is 0.378 e. The molecule has 16 nitrogen and oxygen atoms in total. The highest BCUT2D eigenvalue weighted by Crippen LogP contribution is 2.24. The Labute approximate surface area is 491 Å². The Morgan fingerprint density at radius 1 is 0.405 bits per heavy atom. The number of carbonyl (C=O) groups excluding carboxylic acids is 4. The van der Waals surface area contributed by atoms with Crippen molar-refractivity contribution in [2.45, 2.75) is 48.6 Å². The van der Waals surface area contributed by atoms with Gasteiger partial charge in [-0.3, -0.25) is 19.2 Å². The molecule has 18 heteroatoms. The first-order valence-corrected chi connectivity index (χ1v) is 30.6. The third-order valence-electron chi connectivity index (χ3n) is 14.3. The van der Waals surface area contributed by atoms with Crippen LogP contribution in [0.25, 0.3) is 0 Å². The lowest BCUT2D eigenvalue weighted by Crippen LogP contribution is -2.45. The van der Waals surface area contributed by atoms with Crippen LogP contribution in [0.15, 0.2) is 216 Å². The average Bonchev–Trinajstić information content (AvgIpc) is 3.73. The lowest BCUT2D eigenvalue weighted by atomic mass is 9.99. The number of aryl methyl sites for hydroxylation is 2. The lowest BCUT2D eigenvalue weighted by molar-refractivity contribution is -0.118. The summed E-state index contributed by atoms with van der Waals surface area (Å²) in [4.78, 5) is 57.2. The van der Waals surface area contributed by atoms with E-state index >= 15 is 0 Å². The van der Waals surface area contributed by atoms with Gasteiger partial charge >= 0.3 is 0 Å². The Kier molecular flexibility index (Phi) is 20.1. The standard InChI is InChI=1S/2C33H33N3O5S/c2*1-24-7-17-30(18-8-24)42(39,40)35-31(23-25-9-11-27(12-10-25)32(37)26-5-3-2-4-6-26)33(38)34-28-13-15-29(16-14-28)36-19-21-41-22-20-36/h2*2-18,31,35H,19-23H2,1H3,(H,34,38)/t2*31-/m00/s1. The molecule has 0 bridgehead atoms. The fourth-order valence-electron chi connectivity index (χ4n) is 9.50. The molecule has 4 N–H and O–H groups in total. The first-order chi connectivity index (χ1) is 40.6. The summed E-state index contributed by atoms with van der Waals surface area (Å²) in [5.41, 5.74) is 8.58. The third kappa shape index (κ3) is 16.3. The molecule has 0 radical (unpaired) electrons. The number of anilines is 4. The Bertz CT molecular complexity index is 3480. The number of hydrogen-bond acceptors (Lipinski definition) is 12. The Hall–Kier alpha value is -8.62. The molecular weight excluding hydrogens is 1100 g/mol. The summed E-state index contributed by atoms with van der Waals surface area (Å²) in [6.07, 6.45) is 0.172. The van der Waals surface area contributed by atoms with Gasteiger partial charge in [-0.2, -0.15) is 9.44 Å². The van der Waals surface area contributed by atoms with Crippen LogP contribution in [0.2, 0.25) is 0 Å². The van der Waals surface area contributed by atoms with Gasteiger partial charge < -0.3 is 29.9 Å². The highest BCUT2D eigenvalue weighted by atomic mass is 32.2. The van der Waals surface area contributed by atoms with Crippen LogP contribution < -0.4 is 29.9 Å². The number of nitrogens with zero attached hydrogens (tertiary/aromatic N) is 2. The topological polar surface area (TPSA) is 210 Å². The van der Waals surface area contributed by atoms with Crippen LogP contribution >= 0.6 is 0 Å². The second-order valence-corrected chi connectivity index (χ2v) is 23.9. The quantitative estimate of drug-likeness (QED) is 0.0527. The zero-order chi connectivity index (χ0) is 59.1. The number of nitrogens with one attached hydrogen (secondary N) is 4. The van der Waals surface area contributed by atoms with Gasteiger partial charge in [0, 0.05) is 71.2 Å². The maximum absolute atomic E-state index is 13.5. The number of morpholine rings is 2. The number of carbonyl (C=O) groups is 4. The van der Waals surface area contributed by atoms with E-state index in [1.54, 1.807) is 146 Å². The van der Waals surface area contributed by atoms with E-state index in [4.69, 9.17) is 9.47 Å². The van der Waals surface area contributed by atoms with Gasteiger partial charge in [-0.05, 0) is 111 Å². The Balaban J connectivity index is 0.000000202. The van der Waals surface area contributed by atoms with Gasteiger partial charge in [0.05, 0.1) is 36.2 Å². The summed E-state index contributed by atoms with van der Waals surface area (Å²) < 4.78 is 69.1. The molecule has 2 atom stereocenters. The first kappa shape index (κ1) is 60.0. The van der Waals surface area contributed by atoms with Crippen LogP contribution in [-0.4, -0.2) is 105 Å². The van der Waals surface area contributed by atoms with Gasteiger partial charge in [0.25, 0.3) is 0 Å². The normalized spacial score (nSPS) is 14.3. The second-order valence-electron chi connectivity index (χ2n) is 20.4. The van der Waals surface area contributed by atoms with Gasteiger partial charge in [-0.25, -0.2) is 16.8 Å². The SMILES string of the molecule is Cc1ccc(S(=O)(=O)N[C@@H](Cc2ccc(C(=O)c3ccccc3)cc2)C(=O)Nc2ccc(N3CCOCC3)cc2)cc1.Cc1ccc(S(=O)(=O)N[C@@H](Cc2ccc(C(=O)c3ccccc3)cc2)C(=O)Nc2ccc(N3CCOCC3)cc2)cc1. The van der Waals surface area contributed by atoms with Crippen LogP contribution in [0.5, 0.6) is 0 Å². The summed E-state index contributed by atoms with van der Waals surface area (Å²) in [6, 6.07) is 57.3. The molecule has 2 fully saturated rings. The number of ketones is 2. The van der Waals surface area contributed by atoms with Crippen LogP contribution in [-0.2, 0) is 52.0 Å². The number of benzene rings is 8. The highest BCUT2D eigenvalue weighted by molar-refractivity contribution is 7.89. The average molecular weight is 1170 g/mol. The summed E-state index contributed by atoms with van der Waals surface area (Å²) >= 11 is 0. The molecule has 10 rings (SSSR count). The summed E-state index contributed by atoms with van der Waals surface area (Å²) in [6.45, 7) is 9.60. The molecule has 84 heavy (non-hydrogen) atoms. The monoisotopic (exact) mass is 1170 g/mol. The zero-order valence-electron chi connectivity index (χ0n) is 46.6. The predicted octanol–water partition coefficient (Wildman–Crippen LogP) is 9.18. The Morgan fingerprint density at radius 3 is 1.04 bits per heavy atom. The fraction of sp³-hybridized carbons (Fsp3) is 0.212. The van der Waals surface area contributed by atoms with E-state index in [1.165, 1.54) is 24.3 Å². The predicted molar refractivity (Wildman–Crippen MR) is 327 cm³/mol. The van der Waals surface area contributed by atoms with Crippen molar-refractivity contribution in [1.29, 1.82) is 0 Å². The molecule has 432 valence electrons. The molecule has 2 heterocycles. The number of hydrogen-bond donors (Lipinski definition) is 4. The minimum atomic E-state index is -4.00. The zero-order valence-corrected chi connectivity index (χ0v) is 48.3. The van der Waals surface area contributed by atoms with E-state index < -0.39 is 43.9 Å². The van der Waals surface area contributed by atoms with Crippen molar-refractivity contribution in [1.82, 2.24) is 9.44 Å². The van der Waals surface area contributed by atoms with E-state index in [1.807, 2.05) is 50.2 Å². The molecule has 8 aromatic rings. The number of rotatable bonds is 20. The molecule has 0 saturated carbocycles. The molecule has 0 unspecified atom stereocenters. The van der Waals surface area contributed by atoms with Gasteiger partial charge in [0.2, 0.25) is 31.9 Å². The highest BCUT2D eigenvalue weighted by Gasteiger charge is 2.29. The molecule has 0 aliphatic carbocycles. The van der Waals surface area contributed by atoms with E-state index in [0.717, 1.165) is 48.7 Å². The molecule has 2 amide bonds. The summed E-state index contributed by atoms with van der Waals surface area (Å²) in [7, 11) is -7.99. The van der Waals surface area contributed by atoms with Crippen LogP contribution in [0.3, 0.4) is 0 Å². The van der Waals surface area contributed by atoms with Crippen molar-refractivity contribution >= 4 is 66.2 Å². The van der Waals surface area contributed by atoms with Crippen molar-refractivity contribution in [3.05, 3.63) is 251 Å². The molecule has 8 aromatic carbocycles. The smallest absolute Gasteiger partial charge is 0.242 e. The van der Waals surface area contributed by atoms with Crippen molar-refractivity contribution < 1.29 is 45.5 Å². The van der Waals surface area contributed by atoms with Gasteiger partial charge in [-0.15, -0.1) is 0 Å². The molecule has 0 spiro atoms. The van der Waals surface area contributed by atoms with Gasteiger partial charge in [-0.1, -0.05) is 145 Å². The maximum atomic E-state index is 13.5. The lowest BCUT2D eigenvalue weighted by Gasteiger charge is -2.29. The number of amides is 2. The van der Waals surface area contributed by atoms with Crippen LogP contribution in [0.4, 0.5) is 22.7 Å². The summed E-state index contributed by atoms with van der Waals surface area (Å²) in [5, 5.41) is 5.73. The fourth-order valence-corrected chi connectivity index (χ4v) is 11.9. The van der Waals surface area contributed by atoms with Gasteiger partial charge in [0.15, 0.2) is 11.6 Å². The second kappa shape index (κ2) is 28.1. The minimum Gasteiger partial charge on any atom is -0.378 e. The molecule has 2 aliphatic heterocycles. The molecule has 0 aromatic heterocycles. The third-order valence-corrected chi connectivity index (χ3v) is 17.3. The van der Waals surface area contributed by atoms with Gasteiger partial charge in [0.1, 0.15) is 12.1 Å². The molecular formula is C66H66N6O10S2. The maximum Gasteiger partial charge on any atom is 0.242 e. The van der Waals surface area contributed by atoms with Crippen molar-refractivity contribution in [2.75, 3.05) is 73.0 Å². The molecule has 2 aliphatic rings. The van der Waals surface area contributed by atoms with Crippen molar-refractivity contribution in [3.8, 4) is 0 Å². The number of ether oxygens (including phenoxy) is 2. The first-order valence-electron chi connectivity index (χ1n) is 27.6. The van der Waals surface area contributed by atoms with E-state index in [-0.39, 0.29) is 34.2 Å². The van der Waals surface area contributed by atoms with E-state index in [0.29, 0.717) is 71.2 Å². The van der Waals surface area contributed by atoms with Crippen molar-refractivity contribution in [3.63, 3.8) is 0 Å². The molecule has 2 saturated heterocycles. The van der Waals surface area contributed by atoms with Crippen LogP contribution in [0, 0.1) is 13.8 Å². The van der Waals surface area contributed by atoms with E-state index in [9.17, 15) is 36.0 Å². The Morgan fingerprint density at radius 2 is 0.714 bits per heavy atom.